The number of ketones is 1. The number of hydrogen-bond donors (Lipinski definition) is 0. The molecule has 4 aromatic rings. The highest BCUT2D eigenvalue weighted by atomic mass is 16.1. The number of carbonyl (C=O) groups is 1. The molecule has 0 spiro atoms. The number of nitrogens with zero attached hydrogens (tertiary/aromatic N) is 1. The summed E-state index contributed by atoms with van der Waals surface area (Å²) in [7, 11) is 2.05. The van der Waals surface area contributed by atoms with E-state index in [1.807, 2.05) is 48.5 Å². The van der Waals surface area contributed by atoms with Crippen LogP contribution in [-0.2, 0) is 7.05 Å². The number of aromatic nitrogens is 1. The van der Waals surface area contributed by atoms with Gasteiger partial charge in [-0.2, -0.15) is 0 Å². The largest absolute Gasteiger partial charge is 0.343 e. The number of rotatable bonds is 3. The Balaban J connectivity index is 2.13. The van der Waals surface area contributed by atoms with E-state index in [1.165, 1.54) is 5.56 Å². The lowest BCUT2D eigenvalue weighted by molar-refractivity contribution is 0.104. The van der Waals surface area contributed by atoms with Gasteiger partial charge in [-0.1, -0.05) is 72.8 Å². The average molecular weight is 339 g/mol. The third kappa shape index (κ3) is 2.46. The molecule has 0 amide bonds. The van der Waals surface area contributed by atoms with E-state index in [2.05, 4.69) is 49.7 Å². The second-order valence-electron chi connectivity index (χ2n) is 6.77. The molecule has 0 radical (unpaired) electrons. The molecule has 4 rings (SSSR count). The Kier molecular flexibility index (Phi) is 3.96. The molecule has 0 aliphatic rings. The first-order valence-corrected chi connectivity index (χ1v) is 8.83. The zero-order valence-electron chi connectivity index (χ0n) is 15.3. The Morgan fingerprint density at radius 2 is 1.35 bits per heavy atom. The Labute approximate surface area is 153 Å². The van der Waals surface area contributed by atoms with Crippen LogP contribution in [0.15, 0.2) is 72.8 Å². The summed E-state index contributed by atoms with van der Waals surface area (Å²) >= 11 is 0. The first-order chi connectivity index (χ1) is 12.6. The second-order valence-corrected chi connectivity index (χ2v) is 6.77. The molecule has 0 bridgehead atoms. The van der Waals surface area contributed by atoms with Gasteiger partial charge in [-0.05, 0) is 30.5 Å². The van der Waals surface area contributed by atoms with Gasteiger partial charge in [0.05, 0.1) is 16.8 Å². The summed E-state index contributed by atoms with van der Waals surface area (Å²) in [5, 5.41) is 1.06. The fraction of sp³-hybridized carbons (Fsp3) is 0.125. The van der Waals surface area contributed by atoms with Crippen molar-refractivity contribution < 1.29 is 4.79 Å². The monoisotopic (exact) mass is 339 g/mol. The van der Waals surface area contributed by atoms with E-state index in [0.29, 0.717) is 0 Å². The van der Waals surface area contributed by atoms with Gasteiger partial charge in [0.25, 0.3) is 0 Å². The highest BCUT2D eigenvalue weighted by Gasteiger charge is 2.25. The van der Waals surface area contributed by atoms with Crippen LogP contribution in [0.4, 0.5) is 0 Å². The van der Waals surface area contributed by atoms with Crippen molar-refractivity contribution in [2.75, 3.05) is 0 Å². The van der Waals surface area contributed by atoms with E-state index < -0.39 is 0 Å². The predicted molar refractivity (Wildman–Crippen MR) is 108 cm³/mol. The third-order valence-corrected chi connectivity index (χ3v) is 5.06. The Hall–Kier alpha value is -3.13. The van der Waals surface area contributed by atoms with Crippen LogP contribution in [0.3, 0.4) is 0 Å². The molecule has 26 heavy (non-hydrogen) atoms. The van der Waals surface area contributed by atoms with Gasteiger partial charge < -0.3 is 4.57 Å². The SMILES string of the molecule is Cc1ccc(C)c2c1c(C(=O)c1ccccc1)c(-c1ccccc1)n2C. The van der Waals surface area contributed by atoms with Gasteiger partial charge >= 0.3 is 0 Å². The predicted octanol–water partition coefficient (Wildman–Crippen LogP) is 5.69. The quantitative estimate of drug-likeness (QED) is 0.439. The number of fused-ring (bicyclic) bond motifs is 1. The van der Waals surface area contributed by atoms with Crippen molar-refractivity contribution in [2.45, 2.75) is 13.8 Å². The van der Waals surface area contributed by atoms with Gasteiger partial charge in [0, 0.05) is 18.0 Å². The molecule has 0 aliphatic heterocycles. The van der Waals surface area contributed by atoms with E-state index in [-0.39, 0.29) is 5.78 Å². The van der Waals surface area contributed by atoms with Crippen LogP contribution in [0.25, 0.3) is 22.2 Å². The molecular weight excluding hydrogens is 318 g/mol. The highest BCUT2D eigenvalue weighted by molar-refractivity contribution is 6.21. The fourth-order valence-corrected chi connectivity index (χ4v) is 3.83. The van der Waals surface area contributed by atoms with E-state index in [4.69, 9.17) is 0 Å². The first-order valence-electron chi connectivity index (χ1n) is 8.83. The van der Waals surface area contributed by atoms with Crippen molar-refractivity contribution >= 4 is 16.7 Å². The summed E-state index contributed by atoms with van der Waals surface area (Å²) < 4.78 is 2.17. The van der Waals surface area contributed by atoms with E-state index in [1.54, 1.807) is 0 Å². The number of hydrogen-bond acceptors (Lipinski definition) is 1. The second kappa shape index (κ2) is 6.30. The minimum atomic E-state index is 0.0729. The van der Waals surface area contributed by atoms with Crippen molar-refractivity contribution in [1.29, 1.82) is 0 Å². The summed E-state index contributed by atoms with van der Waals surface area (Å²) in [6.45, 7) is 4.19. The van der Waals surface area contributed by atoms with Crippen LogP contribution in [0.5, 0.6) is 0 Å². The van der Waals surface area contributed by atoms with Gasteiger partial charge in [0.1, 0.15) is 0 Å². The average Bonchev–Trinajstić information content (AvgIpc) is 3.00. The summed E-state index contributed by atoms with van der Waals surface area (Å²) in [6, 6.07) is 24.0. The maximum absolute atomic E-state index is 13.5. The molecule has 2 nitrogen and oxygen atoms in total. The van der Waals surface area contributed by atoms with Crippen LogP contribution in [0.2, 0.25) is 0 Å². The fourth-order valence-electron chi connectivity index (χ4n) is 3.83. The molecular formula is C24H21NO. The molecule has 1 aromatic heterocycles. The van der Waals surface area contributed by atoms with Crippen molar-refractivity contribution in [1.82, 2.24) is 4.57 Å². The zero-order chi connectivity index (χ0) is 18.3. The van der Waals surface area contributed by atoms with E-state index >= 15 is 0 Å². The van der Waals surface area contributed by atoms with E-state index in [0.717, 1.165) is 38.9 Å². The highest BCUT2D eigenvalue weighted by Crippen LogP contribution is 2.37. The molecule has 0 saturated carbocycles. The number of benzene rings is 3. The Morgan fingerprint density at radius 1 is 0.769 bits per heavy atom. The Morgan fingerprint density at radius 3 is 2.00 bits per heavy atom. The van der Waals surface area contributed by atoms with Crippen LogP contribution < -0.4 is 0 Å². The van der Waals surface area contributed by atoms with Crippen molar-refractivity contribution in [3.05, 3.63) is 95.1 Å². The normalized spacial score (nSPS) is 11.0. The van der Waals surface area contributed by atoms with Gasteiger partial charge in [0.2, 0.25) is 0 Å². The molecule has 0 fully saturated rings. The maximum Gasteiger partial charge on any atom is 0.195 e. The molecule has 128 valence electrons. The minimum Gasteiger partial charge on any atom is -0.343 e. The molecule has 0 saturated heterocycles. The topological polar surface area (TPSA) is 22.0 Å². The maximum atomic E-state index is 13.5. The smallest absolute Gasteiger partial charge is 0.195 e. The molecule has 0 unspecified atom stereocenters. The molecule has 0 aliphatic carbocycles. The molecule has 0 atom stereocenters. The van der Waals surface area contributed by atoms with Gasteiger partial charge in [-0.25, -0.2) is 0 Å². The molecule has 2 heteroatoms. The van der Waals surface area contributed by atoms with Crippen LogP contribution >= 0.6 is 0 Å². The summed E-state index contributed by atoms with van der Waals surface area (Å²) in [5.41, 5.74) is 6.98. The summed E-state index contributed by atoms with van der Waals surface area (Å²) in [4.78, 5) is 13.5. The number of carbonyl (C=O) groups excluding carboxylic acids is 1. The molecule has 1 heterocycles. The lowest BCUT2D eigenvalue weighted by Crippen LogP contribution is -2.04. The van der Waals surface area contributed by atoms with Gasteiger partial charge in [-0.15, -0.1) is 0 Å². The number of aryl methyl sites for hydroxylation is 3. The van der Waals surface area contributed by atoms with E-state index in [9.17, 15) is 4.79 Å². The van der Waals surface area contributed by atoms with Crippen LogP contribution in [0, 0.1) is 13.8 Å². The minimum absolute atomic E-state index is 0.0729. The lowest BCUT2D eigenvalue weighted by Gasteiger charge is -2.08. The molecule has 0 N–H and O–H groups in total. The summed E-state index contributed by atoms with van der Waals surface area (Å²) in [5.74, 6) is 0.0729. The van der Waals surface area contributed by atoms with Crippen molar-refractivity contribution in [2.24, 2.45) is 7.05 Å². The standard InChI is InChI=1S/C24H21NO/c1-16-14-15-17(2)22-20(16)21(24(26)19-12-8-5-9-13-19)23(25(22)3)18-10-6-4-7-11-18/h4-15H,1-3H3. The molecule has 3 aromatic carbocycles. The van der Waals surface area contributed by atoms with Gasteiger partial charge in [-0.3, -0.25) is 4.79 Å². The van der Waals surface area contributed by atoms with Crippen LogP contribution in [0.1, 0.15) is 27.0 Å². The first kappa shape index (κ1) is 16.3. The summed E-state index contributed by atoms with van der Waals surface area (Å²) in [6.07, 6.45) is 0. The van der Waals surface area contributed by atoms with Gasteiger partial charge in [0.15, 0.2) is 5.78 Å². The lowest BCUT2D eigenvalue weighted by atomic mass is 9.94. The van der Waals surface area contributed by atoms with Crippen molar-refractivity contribution in [3.8, 4) is 11.3 Å². The Bertz CT molecular complexity index is 1110. The van der Waals surface area contributed by atoms with Crippen molar-refractivity contribution in [3.63, 3.8) is 0 Å². The zero-order valence-corrected chi connectivity index (χ0v) is 15.3. The third-order valence-electron chi connectivity index (χ3n) is 5.06. The van der Waals surface area contributed by atoms with Crippen LogP contribution in [-0.4, -0.2) is 10.4 Å².